The van der Waals surface area contributed by atoms with Crippen molar-refractivity contribution in [3.05, 3.63) is 78.5 Å². The van der Waals surface area contributed by atoms with Gasteiger partial charge in [-0.3, -0.25) is 9.59 Å². The Bertz CT molecular complexity index is 1550. The van der Waals surface area contributed by atoms with Gasteiger partial charge in [-0.1, -0.05) is 33.4 Å². The molecule has 226 valence electrons. The maximum absolute atomic E-state index is 12.9. The average molecular weight is 585 g/mol. The lowest BCUT2D eigenvalue weighted by Crippen LogP contribution is -2.41. The number of aryl methyl sites for hydroxylation is 1. The van der Waals surface area contributed by atoms with E-state index in [0.717, 1.165) is 49.1 Å². The zero-order valence-corrected chi connectivity index (χ0v) is 25.0. The van der Waals surface area contributed by atoms with Gasteiger partial charge in [-0.15, -0.1) is 0 Å². The van der Waals surface area contributed by atoms with Crippen molar-refractivity contribution < 1.29 is 14.7 Å². The van der Waals surface area contributed by atoms with Crippen LogP contribution in [0.1, 0.15) is 62.4 Å². The van der Waals surface area contributed by atoms with Crippen molar-refractivity contribution in [2.75, 3.05) is 34.0 Å². The highest BCUT2D eigenvalue weighted by atomic mass is 16.3. The summed E-state index contributed by atoms with van der Waals surface area (Å²) in [6, 6.07) is 14.1. The number of aliphatic hydroxyl groups is 1. The molecule has 1 aliphatic heterocycles. The molecule has 4 aromatic rings. The number of benzene rings is 2. The van der Waals surface area contributed by atoms with Gasteiger partial charge in [0.25, 0.3) is 5.91 Å². The summed E-state index contributed by atoms with van der Waals surface area (Å²) in [6.07, 6.45) is 7.61. The van der Waals surface area contributed by atoms with E-state index in [1.807, 2.05) is 38.2 Å². The molecule has 3 heterocycles. The number of aliphatic hydroxyl groups excluding tert-OH is 1. The van der Waals surface area contributed by atoms with E-state index >= 15 is 0 Å². The predicted molar refractivity (Wildman–Crippen MR) is 171 cm³/mol. The fourth-order valence-electron chi connectivity index (χ4n) is 4.99. The minimum atomic E-state index is -0.318. The van der Waals surface area contributed by atoms with E-state index < -0.39 is 0 Å². The van der Waals surface area contributed by atoms with Crippen LogP contribution in [-0.4, -0.2) is 55.7 Å². The molecule has 2 aromatic heterocycles. The third-order valence-electron chi connectivity index (χ3n) is 7.13. The number of carbonyl (C=O) groups excluding carboxylic acids is 2. The van der Waals surface area contributed by atoms with E-state index in [9.17, 15) is 14.7 Å². The van der Waals surface area contributed by atoms with Gasteiger partial charge in [0.1, 0.15) is 0 Å². The summed E-state index contributed by atoms with van der Waals surface area (Å²) in [5.41, 5.74) is 4.10. The summed E-state index contributed by atoms with van der Waals surface area (Å²) in [5, 5.41) is 23.1. The minimum absolute atomic E-state index is 0.121. The molecule has 4 N–H and O–H groups in total. The van der Waals surface area contributed by atoms with Crippen LogP contribution >= 0.6 is 0 Å². The molecule has 43 heavy (non-hydrogen) atoms. The van der Waals surface area contributed by atoms with E-state index in [1.54, 1.807) is 34.8 Å². The zero-order chi connectivity index (χ0) is 30.8. The first kappa shape index (κ1) is 31.2. The van der Waals surface area contributed by atoms with E-state index in [-0.39, 0.29) is 24.5 Å². The molecule has 0 saturated carbocycles. The second-order valence-electron chi connectivity index (χ2n) is 9.89. The zero-order valence-electron chi connectivity index (χ0n) is 25.0. The number of piperidine rings is 1. The van der Waals surface area contributed by atoms with Crippen LogP contribution < -0.4 is 20.9 Å². The summed E-state index contributed by atoms with van der Waals surface area (Å²) in [5.74, 6) is 0.529. The van der Waals surface area contributed by atoms with Crippen LogP contribution in [0.25, 0.3) is 5.65 Å². The van der Waals surface area contributed by atoms with Crippen LogP contribution in [0.5, 0.6) is 0 Å². The van der Waals surface area contributed by atoms with Crippen molar-refractivity contribution in [1.82, 2.24) is 19.6 Å². The molecule has 0 bridgehead atoms. The van der Waals surface area contributed by atoms with Crippen LogP contribution in [0.2, 0.25) is 0 Å². The molecule has 0 aliphatic carbocycles. The Kier molecular flexibility index (Phi) is 10.8. The molecule has 2 aromatic carbocycles. The fraction of sp³-hybridized carbons (Fsp3) is 0.344. The molecule has 5 rings (SSSR count). The van der Waals surface area contributed by atoms with Crippen molar-refractivity contribution in [2.45, 2.75) is 58.9 Å². The quantitative estimate of drug-likeness (QED) is 0.178. The van der Waals surface area contributed by atoms with Gasteiger partial charge < -0.3 is 26.0 Å². The first-order chi connectivity index (χ1) is 21.0. The average Bonchev–Trinajstić information content (AvgIpc) is 3.46. The standard InChI is InChI=1S/C30H34N8O3.C2H6/c1-3-20-19-31-38-27(20)35-29(37-16-6-5-10-25(37)15-17-39)36-30(38)34-24-9-7-8-23(18-24)33-28(41)21-11-13-22(14-12-21)32-26(40)4-2;1-2/h4,7-9,11-14,18-19,25,39H,2-3,5-6,10,15-17H2,1H3,(H,32,40)(H,33,41)(H,34,35,36);1-2H3. The van der Waals surface area contributed by atoms with Gasteiger partial charge >= 0.3 is 0 Å². The van der Waals surface area contributed by atoms with Crippen LogP contribution in [0.15, 0.2) is 67.4 Å². The number of nitrogens with one attached hydrogen (secondary N) is 3. The first-order valence-electron chi connectivity index (χ1n) is 14.8. The predicted octanol–water partition coefficient (Wildman–Crippen LogP) is 5.57. The maximum Gasteiger partial charge on any atom is 0.255 e. The second kappa shape index (κ2) is 14.9. The van der Waals surface area contributed by atoms with Crippen molar-refractivity contribution in [1.29, 1.82) is 0 Å². The lowest BCUT2D eigenvalue weighted by molar-refractivity contribution is -0.111. The highest BCUT2D eigenvalue weighted by Gasteiger charge is 2.26. The normalized spacial score (nSPS) is 14.4. The number of fused-ring (bicyclic) bond motifs is 1. The summed E-state index contributed by atoms with van der Waals surface area (Å²) in [6.45, 7) is 10.5. The Morgan fingerprint density at radius 2 is 1.81 bits per heavy atom. The summed E-state index contributed by atoms with van der Waals surface area (Å²) < 4.78 is 1.70. The number of anilines is 5. The fourth-order valence-corrected chi connectivity index (χ4v) is 4.99. The van der Waals surface area contributed by atoms with Gasteiger partial charge in [0.05, 0.1) is 6.20 Å². The van der Waals surface area contributed by atoms with E-state index in [0.29, 0.717) is 35.3 Å². The van der Waals surface area contributed by atoms with E-state index in [1.165, 1.54) is 6.08 Å². The monoisotopic (exact) mass is 584 g/mol. The number of amides is 2. The highest BCUT2D eigenvalue weighted by molar-refractivity contribution is 6.05. The SMILES string of the molecule is C=CC(=O)Nc1ccc(C(=O)Nc2cccc(Nc3nc(N4CCCCC4CCO)nc4c(CC)cnn34)c2)cc1.CC. The van der Waals surface area contributed by atoms with Crippen LogP contribution in [0, 0.1) is 0 Å². The Hall–Kier alpha value is -4.77. The highest BCUT2D eigenvalue weighted by Crippen LogP contribution is 2.28. The van der Waals surface area contributed by atoms with Crippen molar-refractivity contribution in [2.24, 2.45) is 0 Å². The van der Waals surface area contributed by atoms with Gasteiger partial charge in [-0.2, -0.15) is 19.6 Å². The molecule has 1 fully saturated rings. The lowest BCUT2D eigenvalue weighted by atomic mass is 10.0. The molecule has 1 aliphatic rings. The third-order valence-corrected chi connectivity index (χ3v) is 7.13. The molecular weight excluding hydrogens is 544 g/mol. The number of hydrogen-bond acceptors (Lipinski definition) is 8. The van der Waals surface area contributed by atoms with Gasteiger partial charge in [0, 0.05) is 47.4 Å². The van der Waals surface area contributed by atoms with Gasteiger partial charge in [-0.05, 0) is 80.6 Å². The Labute approximate surface area is 252 Å². The van der Waals surface area contributed by atoms with Gasteiger partial charge in [0.2, 0.25) is 17.8 Å². The summed E-state index contributed by atoms with van der Waals surface area (Å²) in [4.78, 5) is 36.3. The molecule has 0 radical (unpaired) electrons. The molecule has 11 heteroatoms. The maximum atomic E-state index is 12.9. The molecule has 2 amide bonds. The van der Waals surface area contributed by atoms with Crippen molar-refractivity contribution >= 4 is 46.4 Å². The van der Waals surface area contributed by atoms with Crippen LogP contribution in [0.4, 0.5) is 29.0 Å². The number of rotatable bonds is 10. The van der Waals surface area contributed by atoms with Crippen molar-refractivity contribution in [3.63, 3.8) is 0 Å². The lowest BCUT2D eigenvalue weighted by Gasteiger charge is -2.35. The Morgan fingerprint density at radius 1 is 1.05 bits per heavy atom. The Balaban J connectivity index is 0.00000207. The third kappa shape index (κ3) is 7.55. The smallest absolute Gasteiger partial charge is 0.255 e. The summed E-state index contributed by atoms with van der Waals surface area (Å²) >= 11 is 0. The number of hydrogen-bond donors (Lipinski definition) is 4. The van der Waals surface area contributed by atoms with E-state index in [2.05, 4.69) is 39.5 Å². The topological polar surface area (TPSA) is 137 Å². The number of carbonyl (C=O) groups is 2. The summed E-state index contributed by atoms with van der Waals surface area (Å²) in [7, 11) is 0. The molecule has 0 spiro atoms. The second-order valence-corrected chi connectivity index (χ2v) is 9.89. The largest absolute Gasteiger partial charge is 0.396 e. The van der Waals surface area contributed by atoms with Gasteiger partial charge in [0.15, 0.2) is 5.65 Å². The number of aromatic nitrogens is 4. The molecule has 11 nitrogen and oxygen atoms in total. The number of nitrogens with zero attached hydrogens (tertiary/aromatic N) is 5. The van der Waals surface area contributed by atoms with Crippen LogP contribution in [-0.2, 0) is 11.2 Å². The first-order valence-corrected chi connectivity index (χ1v) is 14.8. The van der Waals surface area contributed by atoms with Gasteiger partial charge in [-0.25, -0.2) is 0 Å². The molecule has 1 unspecified atom stereocenters. The molecule has 1 atom stereocenters. The van der Waals surface area contributed by atoms with Crippen molar-refractivity contribution in [3.8, 4) is 0 Å². The Morgan fingerprint density at radius 3 is 2.53 bits per heavy atom. The van der Waals surface area contributed by atoms with E-state index in [4.69, 9.17) is 9.97 Å². The van der Waals surface area contributed by atoms with Crippen LogP contribution in [0.3, 0.4) is 0 Å². The molecule has 1 saturated heterocycles. The minimum Gasteiger partial charge on any atom is -0.396 e. The molecular formula is C32H40N8O3.